The van der Waals surface area contributed by atoms with Gasteiger partial charge in [0.25, 0.3) is 5.91 Å². The Labute approximate surface area is 183 Å². The molecule has 3 aliphatic heterocycles. The third kappa shape index (κ3) is 4.13. The van der Waals surface area contributed by atoms with Crippen molar-refractivity contribution >= 4 is 29.1 Å². The van der Waals surface area contributed by atoms with Gasteiger partial charge in [-0.05, 0) is 51.3 Å². The zero-order chi connectivity index (χ0) is 22.0. The van der Waals surface area contributed by atoms with Gasteiger partial charge in [-0.25, -0.2) is 0 Å². The number of carbonyl (C=O) groups is 3. The van der Waals surface area contributed by atoms with Gasteiger partial charge >= 0.3 is 0 Å². The summed E-state index contributed by atoms with van der Waals surface area (Å²) in [5, 5.41) is 0. The fourth-order valence-electron chi connectivity index (χ4n) is 4.80. The first-order valence-corrected chi connectivity index (χ1v) is 11.4. The van der Waals surface area contributed by atoms with Crippen molar-refractivity contribution in [2.45, 2.75) is 39.2 Å². The van der Waals surface area contributed by atoms with Crippen molar-refractivity contribution in [3.05, 3.63) is 23.8 Å². The number of anilines is 2. The number of benzene rings is 1. The lowest BCUT2D eigenvalue weighted by Crippen LogP contribution is -2.57. The van der Waals surface area contributed by atoms with E-state index in [1.807, 2.05) is 26.0 Å². The molecular formula is C23H32N4O4. The quantitative estimate of drug-likeness (QED) is 0.714. The van der Waals surface area contributed by atoms with E-state index in [9.17, 15) is 14.4 Å². The van der Waals surface area contributed by atoms with Gasteiger partial charge in [-0.1, -0.05) is 0 Å². The van der Waals surface area contributed by atoms with Crippen LogP contribution < -0.4 is 9.80 Å². The van der Waals surface area contributed by atoms with Crippen LogP contribution in [-0.4, -0.2) is 86.0 Å². The molecule has 8 nitrogen and oxygen atoms in total. The minimum absolute atomic E-state index is 0.000906. The van der Waals surface area contributed by atoms with Gasteiger partial charge < -0.3 is 19.4 Å². The van der Waals surface area contributed by atoms with Gasteiger partial charge in [0.2, 0.25) is 11.8 Å². The van der Waals surface area contributed by atoms with E-state index >= 15 is 0 Å². The summed E-state index contributed by atoms with van der Waals surface area (Å²) in [6.45, 7) is 8.11. The first-order chi connectivity index (χ1) is 15.0. The monoisotopic (exact) mass is 428 g/mol. The smallest absolute Gasteiger partial charge is 0.253 e. The summed E-state index contributed by atoms with van der Waals surface area (Å²) in [5.41, 5.74) is 2.16. The molecule has 0 spiro atoms. The molecule has 8 heteroatoms. The topological polar surface area (TPSA) is 73.4 Å². The maximum atomic E-state index is 13.5. The number of amides is 3. The highest BCUT2D eigenvalue weighted by molar-refractivity contribution is 6.09. The van der Waals surface area contributed by atoms with Crippen LogP contribution in [0.4, 0.5) is 11.4 Å². The molecule has 4 rings (SSSR count). The number of ether oxygens (including phenoxy) is 1. The Hall–Kier alpha value is -2.61. The molecule has 2 saturated heterocycles. The Balaban J connectivity index is 1.68. The number of nitrogens with zero attached hydrogens (tertiary/aromatic N) is 4. The minimum Gasteiger partial charge on any atom is -0.378 e. The Morgan fingerprint density at radius 3 is 2.52 bits per heavy atom. The second kappa shape index (κ2) is 9.26. The summed E-state index contributed by atoms with van der Waals surface area (Å²) < 4.78 is 5.35. The lowest BCUT2D eigenvalue weighted by molar-refractivity contribution is -0.135. The normalized spacial score (nSPS) is 20.9. The molecule has 0 N–H and O–H groups in total. The van der Waals surface area contributed by atoms with Crippen molar-refractivity contribution in [1.29, 1.82) is 0 Å². The zero-order valence-electron chi connectivity index (χ0n) is 18.5. The molecule has 31 heavy (non-hydrogen) atoms. The van der Waals surface area contributed by atoms with Crippen LogP contribution in [0.1, 0.15) is 43.5 Å². The standard InChI is InChI=1S/C23H32N4O4/c1-3-24(4-2)22(29)17-8-9-18-20(15-17)27(16-21(28)25-11-13-31-14-12-25)23(30)19-7-5-6-10-26(18)19/h8-9,15,19H,3-7,10-14,16H2,1-2H3/t19-/m0/s1. The molecule has 1 atom stereocenters. The van der Waals surface area contributed by atoms with E-state index < -0.39 is 0 Å². The summed E-state index contributed by atoms with van der Waals surface area (Å²) in [6.07, 6.45) is 2.84. The number of rotatable bonds is 5. The van der Waals surface area contributed by atoms with Crippen molar-refractivity contribution in [2.24, 2.45) is 0 Å². The lowest BCUT2D eigenvalue weighted by atomic mass is 9.95. The van der Waals surface area contributed by atoms with E-state index in [1.54, 1.807) is 20.8 Å². The van der Waals surface area contributed by atoms with Crippen LogP contribution in [0.25, 0.3) is 0 Å². The lowest BCUT2D eigenvalue weighted by Gasteiger charge is -2.45. The molecule has 168 valence electrons. The number of carbonyl (C=O) groups excluding carboxylic acids is 3. The average Bonchev–Trinajstić information content (AvgIpc) is 2.82. The van der Waals surface area contributed by atoms with Crippen LogP contribution in [0, 0.1) is 0 Å². The Kier molecular flexibility index (Phi) is 6.46. The average molecular weight is 429 g/mol. The van der Waals surface area contributed by atoms with Gasteiger partial charge in [-0.2, -0.15) is 0 Å². The number of hydrogen-bond acceptors (Lipinski definition) is 5. The third-order valence-corrected chi connectivity index (χ3v) is 6.58. The molecule has 0 unspecified atom stereocenters. The fourth-order valence-corrected chi connectivity index (χ4v) is 4.80. The minimum atomic E-state index is -0.233. The van der Waals surface area contributed by atoms with Crippen molar-refractivity contribution in [3.63, 3.8) is 0 Å². The molecule has 0 aromatic heterocycles. The maximum Gasteiger partial charge on any atom is 0.253 e. The number of piperidine rings is 1. The predicted octanol–water partition coefficient (Wildman–Crippen LogP) is 1.73. The molecule has 0 radical (unpaired) electrons. The molecule has 3 amide bonds. The molecule has 1 aromatic rings. The maximum absolute atomic E-state index is 13.5. The van der Waals surface area contributed by atoms with Crippen LogP contribution >= 0.6 is 0 Å². The van der Waals surface area contributed by atoms with Gasteiger partial charge in [-0.15, -0.1) is 0 Å². The van der Waals surface area contributed by atoms with Gasteiger partial charge in [-0.3, -0.25) is 19.3 Å². The van der Waals surface area contributed by atoms with E-state index in [2.05, 4.69) is 4.90 Å². The van der Waals surface area contributed by atoms with Crippen molar-refractivity contribution in [1.82, 2.24) is 9.80 Å². The third-order valence-electron chi connectivity index (χ3n) is 6.58. The molecule has 0 saturated carbocycles. The Morgan fingerprint density at radius 2 is 1.81 bits per heavy atom. The van der Waals surface area contributed by atoms with E-state index in [-0.39, 0.29) is 30.3 Å². The van der Waals surface area contributed by atoms with Crippen LogP contribution in [0.2, 0.25) is 0 Å². The van der Waals surface area contributed by atoms with Gasteiger partial charge in [0.1, 0.15) is 12.6 Å². The predicted molar refractivity (Wildman–Crippen MR) is 118 cm³/mol. The molecular weight excluding hydrogens is 396 g/mol. The van der Waals surface area contributed by atoms with Gasteiger partial charge in [0.15, 0.2) is 0 Å². The van der Waals surface area contributed by atoms with E-state index in [0.717, 1.165) is 31.5 Å². The summed E-state index contributed by atoms with van der Waals surface area (Å²) in [5.74, 6) is -0.172. The molecule has 0 bridgehead atoms. The molecule has 1 aromatic carbocycles. The van der Waals surface area contributed by atoms with Crippen molar-refractivity contribution < 1.29 is 19.1 Å². The molecule has 2 fully saturated rings. The Morgan fingerprint density at radius 1 is 1.06 bits per heavy atom. The van der Waals surface area contributed by atoms with E-state index in [4.69, 9.17) is 4.74 Å². The van der Waals surface area contributed by atoms with Gasteiger partial charge in [0, 0.05) is 38.3 Å². The van der Waals surface area contributed by atoms with Crippen LogP contribution in [0.5, 0.6) is 0 Å². The first-order valence-electron chi connectivity index (χ1n) is 11.4. The van der Waals surface area contributed by atoms with Crippen LogP contribution in [0.15, 0.2) is 18.2 Å². The summed E-state index contributed by atoms with van der Waals surface area (Å²) in [4.78, 5) is 46.7. The SMILES string of the molecule is CCN(CC)C(=O)c1ccc2c(c1)N(CC(=O)N1CCOCC1)C(=O)[C@@H]1CCCCN21. The first kappa shape index (κ1) is 21.6. The number of hydrogen-bond donors (Lipinski definition) is 0. The second-order valence-electron chi connectivity index (χ2n) is 8.30. The summed E-state index contributed by atoms with van der Waals surface area (Å²) >= 11 is 0. The van der Waals surface area contributed by atoms with Crippen molar-refractivity contribution in [3.8, 4) is 0 Å². The van der Waals surface area contributed by atoms with Crippen molar-refractivity contribution in [2.75, 3.05) is 62.3 Å². The molecule has 3 heterocycles. The zero-order valence-corrected chi connectivity index (χ0v) is 18.5. The highest BCUT2D eigenvalue weighted by Gasteiger charge is 2.40. The molecule has 3 aliphatic rings. The number of fused-ring (bicyclic) bond motifs is 3. The van der Waals surface area contributed by atoms with Crippen LogP contribution in [0.3, 0.4) is 0 Å². The summed E-state index contributed by atoms with van der Waals surface area (Å²) in [6, 6.07) is 5.36. The highest BCUT2D eigenvalue weighted by Crippen LogP contribution is 2.40. The Bertz CT molecular complexity index is 848. The highest BCUT2D eigenvalue weighted by atomic mass is 16.5. The van der Waals surface area contributed by atoms with E-state index in [0.29, 0.717) is 50.6 Å². The largest absolute Gasteiger partial charge is 0.378 e. The molecule has 0 aliphatic carbocycles. The van der Waals surface area contributed by atoms with Gasteiger partial charge in [0.05, 0.1) is 24.6 Å². The van der Waals surface area contributed by atoms with Crippen LogP contribution in [-0.2, 0) is 14.3 Å². The second-order valence-corrected chi connectivity index (χ2v) is 8.30. The number of morpholine rings is 1. The van der Waals surface area contributed by atoms with E-state index in [1.165, 1.54) is 0 Å². The summed E-state index contributed by atoms with van der Waals surface area (Å²) in [7, 11) is 0. The fraction of sp³-hybridized carbons (Fsp3) is 0.609.